The molecular formula is C7H12ClN3O3S. The summed E-state index contributed by atoms with van der Waals surface area (Å²) in [6.45, 7) is 0. The normalized spacial score (nSPS) is 10.3. The van der Waals surface area contributed by atoms with Crippen LogP contribution >= 0.6 is 12.4 Å². The van der Waals surface area contributed by atoms with Crippen LogP contribution in [0.3, 0.4) is 0 Å². The van der Waals surface area contributed by atoms with Crippen molar-refractivity contribution in [1.82, 2.24) is 0 Å². The molecular weight excluding hydrogens is 242 g/mol. The number of ether oxygens (including phenoxy) is 1. The number of rotatable bonds is 3. The number of hydrogen-bond acceptors (Lipinski definition) is 5. The number of nitrogen functional groups attached to an aromatic ring is 1. The Morgan fingerprint density at radius 2 is 2.00 bits per heavy atom. The molecule has 5 N–H and O–H groups in total. The number of anilines is 1. The molecule has 0 radical (unpaired) electrons. The molecule has 86 valence electrons. The maximum Gasteiger partial charge on any atom is 0.238 e. The second-order valence-electron chi connectivity index (χ2n) is 2.55. The van der Waals surface area contributed by atoms with Gasteiger partial charge in [-0.2, -0.15) is 0 Å². The van der Waals surface area contributed by atoms with Crippen molar-refractivity contribution in [3.63, 3.8) is 0 Å². The molecule has 0 unspecified atom stereocenters. The number of sulfonamides is 1. The Hall–Kier alpha value is -1.02. The molecule has 0 bridgehead atoms. The maximum absolute atomic E-state index is 11.0. The van der Waals surface area contributed by atoms with E-state index in [9.17, 15) is 8.42 Å². The molecule has 1 aromatic carbocycles. The first-order valence-electron chi connectivity index (χ1n) is 3.66. The molecule has 0 spiro atoms. The van der Waals surface area contributed by atoms with E-state index in [1.54, 1.807) is 0 Å². The first kappa shape index (κ1) is 14.0. The summed E-state index contributed by atoms with van der Waals surface area (Å²) in [5.41, 5.74) is 2.85. The zero-order chi connectivity index (χ0) is 10.8. The summed E-state index contributed by atoms with van der Waals surface area (Å²) in [6.07, 6.45) is 0. The molecule has 8 heteroatoms. The van der Waals surface area contributed by atoms with Crippen molar-refractivity contribution in [2.24, 2.45) is 11.0 Å². The van der Waals surface area contributed by atoms with Crippen LogP contribution in [0.2, 0.25) is 0 Å². The Labute approximate surface area is 94.0 Å². The van der Waals surface area contributed by atoms with Crippen molar-refractivity contribution in [3.05, 3.63) is 18.2 Å². The predicted octanol–water partition coefficient (Wildman–Crippen LogP) is 0.0500. The summed E-state index contributed by atoms with van der Waals surface area (Å²) >= 11 is 0. The molecule has 6 nitrogen and oxygen atoms in total. The van der Waals surface area contributed by atoms with Gasteiger partial charge in [-0.1, -0.05) is 0 Å². The van der Waals surface area contributed by atoms with Gasteiger partial charge >= 0.3 is 0 Å². The van der Waals surface area contributed by atoms with E-state index < -0.39 is 10.0 Å². The second kappa shape index (κ2) is 5.17. The number of nitrogens with two attached hydrogens (primary N) is 2. The van der Waals surface area contributed by atoms with E-state index >= 15 is 0 Å². The van der Waals surface area contributed by atoms with Crippen LogP contribution in [0.1, 0.15) is 0 Å². The molecule has 0 fully saturated rings. The van der Waals surface area contributed by atoms with Crippen LogP contribution in [0.5, 0.6) is 5.75 Å². The molecule has 0 aliphatic carbocycles. The summed E-state index contributed by atoms with van der Waals surface area (Å²) in [6, 6.07) is 4.11. The quantitative estimate of drug-likeness (QED) is 0.521. The molecule has 1 rings (SSSR count). The molecule has 0 saturated carbocycles. The summed E-state index contributed by atoms with van der Waals surface area (Å²) in [7, 11) is -2.30. The van der Waals surface area contributed by atoms with Gasteiger partial charge in [0.15, 0.2) is 0 Å². The number of primary sulfonamides is 1. The van der Waals surface area contributed by atoms with Gasteiger partial charge in [-0.25, -0.2) is 13.6 Å². The molecule has 0 atom stereocenters. The highest BCUT2D eigenvalue weighted by molar-refractivity contribution is 7.89. The molecule has 0 aliphatic rings. The highest BCUT2D eigenvalue weighted by Crippen LogP contribution is 2.25. The van der Waals surface area contributed by atoms with Crippen LogP contribution in [-0.2, 0) is 10.0 Å². The minimum Gasteiger partial charge on any atom is -0.494 e. The van der Waals surface area contributed by atoms with Gasteiger partial charge in [-0.05, 0) is 12.1 Å². The number of halogens is 1. The van der Waals surface area contributed by atoms with Crippen LogP contribution in [0.4, 0.5) is 5.69 Å². The number of hydrazine groups is 1. The van der Waals surface area contributed by atoms with Gasteiger partial charge in [0.2, 0.25) is 10.0 Å². The summed E-state index contributed by atoms with van der Waals surface area (Å²) in [4.78, 5) is -0.0200. The van der Waals surface area contributed by atoms with E-state index in [1.807, 2.05) is 0 Å². The van der Waals surface area contributed by atoms with Crippen LogP contribution in [-0.4, -0.2) is 15.5 Å². The molecule has 0 amide bonds. The van der Waals surface area contributed by atoms with Crippen molar-refractivity contribution in [3.8, 4) is 5.75 Å². The first-order valence-corrected chi connectivity index (χ1v) is 5.21. The second-order valence-corrected chi connectivity index (χ2v) is 4.11. The average Bonchev–Trinajstić information content (AvgIpc) is 2.15. The van der Waals surface area contributed by atoms with Gasteiger partial charge in [-0.3, -0.25) is 5.84 Å². The zero-order valence-electron chi connectivity index (χ0n) is 7.93. The Bertz CT molecular complexity index is 435. The minimum absolute atomic E-state index is 0. The molecule has 0 saturated heterocycles. The fraction of sp³-hybridized carbons (Fsp3) is 0.143. The van der Waals surface area contributed by atoms with Crippen LogP contribution in [0.15, 0.2) is 23.1 Å². The lowest BCUT2D eigenvalue weighted by Crippen LogP contribution is -2.13. The van der Waals surface area contributed by atoms with Gasteiger partial charge in [0.05, 0.1) is 17.7 Å². The summed E-state index contributed by atoms with van der Waals surface area (Å²) in [5, 5.41) is 4.94. The van der Waals surface area contributed by atoms with Gasteiger partial charge in [0.1, 0.15) is 5.75 Å². The van der Waals surface area contributed by atoms with E-state index in [0.29, 0.717) is 11.4 Å². The third-order valence-electron chi connectivity index (χ3n) is 1.66. The van der Waals surface area contributed by atoms with Crippen molar-refractivity contribution >= 4 is 28.1 Å². The van der Waals surface area contributed by atoms with Crippen LogP contribution in [0, 0.1) is 0 Å². The highest BCUT2D eigenvalue weighted by atomic mass is 35.5. The highest BCUT2D eigenvalue weighted by Gasteiger charge is 2.11. The largest absolute Gasteiger partial charge is 0.494 e. The number of benzene rings is 1. The fourth-order valence-corrected chi connectivity index (χ4v) is 1.50. The SMILES string of the molecule is COc1cc(S(N)(=O)=O)ccc1NN.Cl. The van der Waals surface area contributed by atoms with Crippen LogP contribution in [0.25, 0.3) is 0 Å². The Morgan fingerprint density at radius 3 is 2.40 bits per heavy atom. The van der Waals surface area contributed by atoms with Gasteiger partial charge in [-0.15, -0.1) is 12.4 Å². The van der Waals surface area contributed by atoms with Crippen molar-refractivity contribution in [2.45, 2.75) is 4.90 Å². The van der Waals surface area contributed by atoms with Crippen molar-refractivity contribution in [1.29, 1.82) is 0 Å². The van der Waals surface area contributed by atoms with Gasteiger partial charge < -0.3 is 10.2 Å². The topological polar surface area (TPSA) is 107 Å². The molecule has 1 aromatic rings. The fourth-order valence-electron chi connectivity index (χ4n) is 0.968. The third-order valence-corrected chi connectivity index (χ3v) is 2.57. The van der Waals surface area contributed by atoms with E-state index in [4.69, 9.17) is 15.7 Å². The Balaban J connectivity index is 0.00000196. The smallest absolute Gasteiger partial charge is 0.238 e. The van der Waals surface area contributed by atoms with Crippen molar-refractivity contribution in [2.75, 3.05) is 12.5 Å². The lowest BCUT2D eigenvalue weighted by atomic mass is 10.3. The summed E-state index contributed by atoms with van der Waals surface area (Å²) < 4.78 is 26.9. The van der Waals surface area contributed by atoms with Gasteiger partial charge in [0, 0.05) is 6.07 Å². The zero-order valence-corrected chi connectivity index (χ0v) is 9.56. The lowest BCUT2D eigenvalue weighted by Gasteiger charge is -2.08. The molecule has 0 aliphatic heterocycles. The molecule has 0 heterocycles. The number of nitrogens with one attached hydrogen (secondary N) is 1. The Morgan fingerprint density at radius 1 is 1.40 bits per heavy atom. The maximum atomic E-state index is 11.0. The van der Waals surface area contributed by atoms with Crippen LogP contribution < -0.4 is 21.1 Å². The van der Waals surface area contributed by atoms with E-state index in [2.05, 4.69) is 5.43 Å². The molecule has 15 heavy (non-hydrogen) atoms. The lowest BCUT2D eigenvalue weighted by molar-refractivity contribution is 0.415. The monoisotopic (exact) mass is 253 g/mol. The van der Waals surface area contributed by atoms with E-state index in [-0.39, 0.29) is 17.3 Å². The standard InChI is InChI=1S/C7H11N3O3S.ClH/c1-13-7-4-5(14(9,11)12)2-3-6(7)10-8;/h2-4,10H,8H2,1H3,(H2,9,11,12);1H. The van der Waals surface area contributed by atoms with Gasteiger partial charge in [0.25, 0.3) is 0 Å². The Kier molecular flexibility index (Phi) is 4.82. The number of hydrogen-bond donors (Lipinski definition) is 3. The average molecular weight is 254 g/mol. The summed E-state index contributed by atoms with van der Waals surface area (Å²) in [5.74, 6) is 5.49. The first-order chi connectivity index (χ1) is 6.49. The number of methoxy groups -OCH3 is 1. The minimum atomic E-state index is -3.71. The van der Waals surface area contributed by atoms with E-state index in [0.717, 1.165) is 0 Å². The predicted molar refractivity (Wildman–Crippen MR) is 59.4 cm³/mol. The van der Waals surface area contributed by atoms with Crippen molar-refractivity contribution < 1.29 is 13.2 Å². The van der Waals surface area contributed by atoms with E-state index in [1.165, 1.54) is 25.3 Å². The molecule has 0 aromatic heterocycles. The third kappa shape index (κ3) is 3.24.